The second-order valence-corrected chi connectivity index (χ2v) is 9.87. The highest BCUT2D eigenvalue weighted by molar-refractivity contribution is 7.99. The van der Waals surface area contributed by atoms with Gasteiger partial charge in [0, 0.05) is 10.3 Å². The largest absolute Gasteiger partial charge is 0.394 e. The zero-order chi connectivity index (χ0) is 22.3. The van der Waals surface area contributed by atoms with Crippen molar-refractivity contribution in [2.75, 3.05) is 6.61 Å². The molecule has 31 heavy (non-hydrogen) atoms. The number of nitrogens with one attached hydrogen (secondary N) is 1. The minimum absolute atomic E-state index is 0.209. The summed E-state index contributed by atoms with van der Waals surface area (Å²) in [5.74, 6) is 0. The summed E-state index contributed by atoms with van der Waals surface area (Å²) in [5.41, 5.74) is -0.0647. The highest BCUT2D eigenvalue weighted by atomic mass is 35.5. The van der Waals surface area contributed by atoms with E-state index < -0.39 is 36.4 Å². The van der Waals surface area contributed by atoms with Crippen molar-refractivity contribution in [3.8, 4) is 11.4 Å². The molecule has 0 saturated carbocycles. The van der Waals surface area contributed by atoms with E-state index in [9.17, 15) is 20.1 Å². The van der Waals surface area contributed by atoms with E-state index in [0.29, 0.717) is 16.3 Å². The number of aliphatic hydroxyl groups excluding tert-OH is 3. The lowest BCUT2D eigenvalue weighted by Gasteiger charge is -2.41. The highest BCUT2D eigenvalue weighted by Gasteiger charge is 2.46. The fourth-order valence-electron chi connectivity index (χ4n) is 3.16. The molecule has 0 spiro atoms. The Kier molecular flexibility index (Phi) is 6.96. The number of ether oxygens (including phenoxy) is 1. The minimum atomic E-state index is -1.27. The topological polar surface area (TPSA) is 133 Å². The number of rotatable bonds is 5. The van der Waals surface area contributed by atoms with Gasteiger partial charge in [-0.3, -0.25) is 4.79 Å². The highest BCUT2D eigenvalue weighted by Crippen LogP contribution is 2.41. The van der Waals surface area contributed by atoms with E-state index in [4.69, 9.17) is 39.5 Å². The number of nitrogens with zero attached hydrogens (tertiary/aromatic N) is 3. The predicted octanol–water partition coefficient (Wildman–Crippen LogP) is 2.43. The first kappa shape index (κ1) is 23.0. The molecule has 4 rings (SSSR count). The third kappa shape index (κ3) is 4.65. The van der Waals surface area contributed by atoms with Crippen LogP contribution in [0.4, 0.5) is 0 Å². The third-order valence-electron chi connectivity index (χ3n) is 4.67. The van der Waals surface area contributed by atoms with E-state index in [1.807, 2.05) is 0 Å². The predicted molar refractivity (Wildman–Crippen MR) is 118 cm³/mol. The van der Waals surface area contributed by atoms with Gasteiger partial charge in [0.05, 0.1) is 33.6 Å². The van der Waals surface area contributed by atoms with E-state index in [1.54, 1.807) is 17.5 Å². The normalized spacial score (nSPS) is 26.3. The van der Waals surface area contributed by atoms with Gasteiger partial charge in [0.2, 0.25) is 0 Å². The first-order valence-electron chi connectivity index (χ1n) is 8.82. The maximum atomic E-state index is 11.4. The van der Waals surface area contributed by atoms with Crippen LogP contribution in [0.1, 0.15) is 6.04 Å². The average Bonchev–Trinajstić information content (AvgIpc) is 3.37. The Balaban J connectivity index is 1.63. The molecule has 0 bridgehead atoms. The summed E-state index contributed by atoms with van der Waals surface area (Å²) < 4.78 is 7.00. The van der Waals surface area contributed by atoms with E-state index >= 15 is 0 Å². The molecule has 0 amide bonds. The maximum Gasteiger partial charge on any atom is 0.304 e. The van der Waals surface area contributed by atoms with Crippen molar-refractivity contribution in [2.45, 2.75) is 34.7 Å². The Bertz CT molecular complexity index is 1120. The molecule has 1 fully saturated rings. The van der Waals surface area contributed by atoms with Crippen molar-refractivity contribution in [3.05, 3.63) is 48.4 Å². The molecule has 5 atom stereocenters. The zero-order valence-electron chi connectivity index (χ0n) is 15.4. The Morgan fingerprint density at radius 1 is 1.23 bits per heavy atom. The van der Waals surface area contributed by atoms with Gasteiger partial charge in [-0.15, -0.1) is 5.10 Å². The summed E-state index contributed by atoms with van der Waals surface area (Å²) in [4.78, 5) is 14.4. The van der Waals surface area contributed by atoms with Crippen molar-refractivity contribution >= 4 is 57.9 Å². The number of H-pyrrole nitrogens is 1. The van der Waals surface area contributed by atoms with Crippen LogP contribution in [-0.2, 0) is 4.74 Å². The minimum Gasteiger partial charge on any atom is -0.394 e. The molecule has 0 aliphatic carbocycles. The Labute approximate surface area is 198 Å². The van der Waals surface area contributed by atoms with Gasteiger partial charge in [-0.1, -0.05) is 63.1 Å². The summed E-state index contributed by atoms with van der Waals surface area (Å²) in [5, 5.41) is 41.6. The quantitative estimate of drug-likeness (QED) is 0.373. The second-order valence-electron chi connectivity index (χ2n) is 6.66. The number of hydrogen-bond acceptors (Lipinski definition) is 9. The smallest absolute Gasteiger partial charge is 0.304 e. The summed E-state index contributed by atoms with van der Waals surface area (Å²) in [7, 11) is 0. The van der Waals surface area contributed by atoms with Crippen molar-refractivity contribution < 1.29 is 20.1 Å². The number of aliphatic hydroxyl groups is 3. The van der Waals surface area contributed by atoms with Gasteiger partial charge < -0.3 is 25.0 Å². The SMILES string of the molecule is O=c1[nH]c(-c2cn([C@@H]3C(O)[C@@H](Sc4cc(Cl)c(Cl)c(Cl)c4)OC(CO)[C@@H]3O)nn2)cs1. The summed E-state index contributed by atoms with van der Waals surface area (Å²) >= 11 is 20.2. The van der Waals surface area contributed by atoms with Crippen LogP contribution in [0.5, 0.6) is 0 Å². The first-order valence-corrected chi connectivity index (χ1v) is 11.7. The van der Waals surface area contributed by atoms with Gasteiger partial charge in [-0.2, -0.15) is 0 Å². The Morgan fingerprint density at radius 2 is 1.94 bits per heavy atom. The number of benzene rings is 1. The van der Waals surface area contributed by atoms with Crippen LogP contribution in [0.2, 0.25) is 15.1 Å². The summed E-state index contributed by atoms with van der Waals surface area (Å²) in [6, 6.07) is 2.17. The average molecular weight is 526 g/mol. The number of halogens is 3. The van der Waals surface area contributed by atoms with Crippen LogP contribution in [-0.4, -0.2) is 65.7 Å². The van der Waals surface area contributed by atoms with Gasteiger partial charge in [-0.05, 0) is 12.1 Å². The van der Waals surface area contributed by atoms with Gasteiger partial charge >= 0.3 is 4.87 Å². The number of aromatic amines is 1. The maximum absolute atomic E-state index is 11.4. The first-order chi connectivity index (χ1) is 14.8. The number of thiazole rings is 1. The van der Waals surface area contributed by atoms with Crippen molar-refractivity contribution in [1.29, 1.82) is 0 Å². The lowest BCUT2D eigenvalue weighted by molar-refractivity contribution is -0.178. The fourth-order valence-corrected chi connectivity index (χ4v) is 5.60. The molecule has 1 aliphatic rings. The van der Waals surface area contributed by atoms with E-state index in [-0.39, 0.29) is 19.9 Å². The van der Waals surface area contributed by atoms with Gasteiger partial charge in [0.1, 0.15) is 35.5 Å². The monoisotopic (exact) mass is 524 g/mol. The van der Waals surface area contributed by atoms with Crippen LogP contribution in [0, 0.1) is 0 Å². The fraction of sp³-hybridized carbons (Fsp3) is 0.353. The molecule has 14 heteroatoms. The van der Waals surface area contributed by atoms with E-state index in [2.05, 4.69) is 15.3 Å². The summed E-state index contributed by atoms with van der Waals surface area (Å²) in [6.07, 6.45) is -2.01. The van der Waals surface area contributed by atoms with Crippen molar-refractivity contribution in [3.63, 3.8) is 0 Å². The van der Waals surface area contributed by atoms with Gasteiger partial charge in [0.25, 0.3) is 0 Å². The molecule has 3 aromatic rings. The lowest BCUT2D eigenvalue weighted by atomic mass is 9.97. The van der Waals surface area contributed by atoms with E-state index in [0.717, 1.165) is 23.1 Å². The zero-order valence-corrected chi connectivity index (χ0v) is 19.3. The van der Waals surface area contributed by atoms with Crippen molar-refractivity contribution in [2.24, 2.45) is 0 Å². The second kappa shape index (κ2) is 9.38. The Hall–Kier alpha value is -1.15. The van der Waals surface area contributed by atoms with E-state index in [1.165, 1.54) is 10.9 Å². The summed E-state index contributed by atoms with van der Waals surface area (Å²) in [6.45, 7) is -0.483. The van der Waals surface area contributed by atoms with Crippen LogP contribution in [0.25, 0.3) is 11.4 Å². The number of thioether (sulfide) groups is 1. The van der Waals surface area contributed by atoms with Gasteiger partial charge in [0.15, 0.2) is 0 Å². The molecule has 3 heterocycles. The number of hydrogen-bond donors (Lipinski definition) is 4. The van der Waals surface area contributed by atoms with Crippen LogP contribution >= 0.6 is 57.9 Å². The molecule has 2 unspecified atom stereocenters. The molecule has 4 N–H and O–H groups in total. The van der Waals surface area contributed by atoms with Gasteiger partial charge in [-0.25, -0.2) is 4.68 Å². The van der Waals surface area contributed by atoms with Crippen molar-refractivity contribution in [1.82, 2.24) is 20.0 Å². The van der Waals surface area contributed by atoms with Crippen LogP contribution in [0.3, 0.4) is 0 Å². The molecule has 0 radical (unpaired) electrons. The standard InChI is InChI=1S/C17H15Cl3N4O5S2/c18-7-1-6(2-8(19)12(7)20)31-16-15(27)13(14(26)11(4-25)29-16)24-3-9(22-23-24)10-5-30-17(28)21-10/h1-3,5,11,13-16,25-27H,4H2,(H,21,28)/t11?,13-,14-,15?,16+/m0/s1. The molecular formula is C17H15Cl3N4O5S2. The molecule has 1 aliphatic heterocycles. The van der Waals surface area contributed by atoms with Crippen LogP contribution < -0.4 is 4.87 Å². The Morgan fingerprint density at radius 3 is 2.55 bits per heavy atom. The molecule has 9 nitrogen and oxygen atoms in total. The third-order valence-corrected chi connectivity index (χ3v) is 7.67. The molecule has 1 aromatic carbocycles. The van der Waals surface area contributed by atoms with Crippen LogP contribution in [0.15, 0.2) is 33.4 Å². The molecule has 2 aromatic heterocycles. The molecular weight excluding hydrogens is 511 g/mol. The molecule has 1 saturated heterocycles. The molecule has 166 valence electrons. The number of aromatic nitrogens is 4. The lowest BCUT2D eigenvalue weighted by Crippen LogP contribution is -2.55.